The maximum Gasteiger partial charge on any atom is 0.366 e. The zero-order chi connectivity index (χ0) is 16.4. The van der Waals surface area contributed by atoms with Gasteiger partial charge in [0.25, 0.3) is 0 Å². The minimum absolute atomic E-state index is 0.174. The number of hydrogen-bond acceptors (Lipinski definition) is 4. The van der Waals surface area contributed by atoms with Gasteiger partial charge in [-0.1, -0.05) is 41.1 Å². The molecule has 0 unspecified atom stereocenters. The molecule has 0 fully saturated rings. The summed E-state index contributed by atoms with van der Waals surface area (Å²) in [4.78, 5) is 12.3. The van der Waals surface area contributed by atoms with Crippen LogP contribution in [-0.2, 0) is 0 Å². The highest BCUT2D eigenvalue weighted by molar-refractivity contribution is 6.31. The van der Waals surface area contributed by atoms with Crippen LogP contribution in [0.5, 0.6) is 5.75 Å². The normalized spacial score (nSPS) is 10.6. The maximum absolute atomic E-state index is 12.3. The molecular formula is C17H14ClN3O2. The zero-order valence-corrected chi connectivity index (χ0v) is 13.4. The summed E-state index contributed by atoms with van der Waals surface area (Å²) < 4.78 is 6.89. The Bertz CT molecular complexity index is 860. The van der Waals surface area contributed by atoms with Gasteiger partial charge < -0.3 is 4.74 Å². The number of benzene rings is 2. The first-order valence-electron chi connectivity index (χ1n) is 7.03. The number of para-hydroxylation sites is 1. The zero-order valence-electron chi connectivity index (χ0n) is 12.7. The third-order valence-corrected chi connectivity index (χ3v) is 3.92. The number of carbonyl (C=O) groups excluding carboxylic acids is 1. The number of esters is 1. The van der Waals surface area contributed by atoms with E-state index >= 15 is 0 Å². The van der Waals surface area contributed by atoms with Crippen molar-refractivity contribution in [3.63, 3.8) is 0 Å². The lowest BCUT2D eigenvalue weighted by Crippen LogP contribution is -2.11. The second kappa shape index (κ2) is 6.22. The van der Waals surface area contributed by atoms with Gasteiger partial charge in [-0.15, -0.1) is 5.10 Å². The predicted octanol–water partition coefficient (Wildman–Crippen LogP) is 3.76. The van der Waals surface area contributed by atoms with E-state index in [1.54, 1.807) is 41.9 Å². The molecular weight excluding hydrogens is 314 g/mol. The Morgan fingerprint density at radius 2 is 1.83 bits per heavy atom. The Morgan fingerprint density at radius 1 is 1.09 bits per heavy atom. The van der Waals surface area contributed by atoms with Gasteiger partial charge in [0.2, 0.25) is 0 Å². The van der Waals surface area contributed by atoms with E-state index in [1.165, 1.54) is 0 Å². The van der Waals surface area contributed by atoms with E-state index < -0.39 is 5.97 Å². The molecule has 0 atom stereocenters. The number of aromatic nitrogens is 3. The molecule has 1 aromatic heterocycles. The van der Waals surface area contributed by atoms with E-state index in [0.29, 0.717) is 16.5 Å². The summed E-state index contributed by atoms with van der Waals surface area (Å²) in [7, 11) is 0. The van der Waals surface area contributed by atoms with Gasteiger partial charge in [0.05, 0.1) is 11.4 Å². The summed E-state index contributed by atoms with van der Waals surface area (Å²) in [6.07, 6.45) is 0. The van der Waals surface area contributed by atoms with Crippen LogP contribution < -0.4 is 4.74 Å². The van der Waals surface area contributed by atoms with Crippen LogP contribution in [-0.4, -0.2) is 21.0 Å². The van der Waals surface area contributed by atoms with Gasteiger partial charge in [-0.2, -0.15) is 0 Å². The van der Waals surface area contributed by atoms with E-state index in [1.807, 2.05) is 25.1 Å². The number of carbonyl (C=O) groups is 1. The monoisotopic (exact) mass is 327 g/mol. The van der Waals surface area contributed by atoms with Crippen molar-refractivity contribution in [3.05, 3.63) is 70.5 Å². The Balaban J connectivity index is 1.93. The Hall–Kier alpha value is -2.66. The summed E-state index contributed by atoms with van der Waals surface area (Å²) in [5, 5.41) is 8.64. The molecule has 0 aliphatic heterocycles. The molecule has 0 amide bonds. The Morgan fingerprint density at radius 3 is 2.57 bits per heavy atom. The minimum atomic E-state index is -0.542. The second-order valence-electron chi connectivity index (χ2n) is 5.02. The average Bonchev–Trinajstić information content (AvgIpc) is 2.93. The fourth-order valence-electron chi connectivity index (χ4n) is 2.22. The molecule has 0 aliphatic rings. The highest BCUT2D eigenvalue weighted by Crippen LogP contribution is 2.23. The summed E-state index contributed by atoms with van der Waals surface area (Å²) >= 11 is 6.14. The average molecular weight is 328 g/mol. The SMILES string of the molecule is Cc1c(Cl)cccc1-n1nnc(C(=O)Oc2ccccc2)c1C. The van der Waals surface area contributed by atoms with Crippen molar-refractivity contribution in [1.29, 1.82) is 0 Å². The molecule has 116 valence electrons. The highest BCUT2D eigenvalue weighted by atomic mass is 35.5. The van der Waals surface area contributed by atoms with E-state index in [4.69, 9.17) is 16.3 Å². The molecule has 5 nitrogen and oxygen atoms in total. The molecule has 3 rings (SSSR count). The van der Waals surface area contributed by atoms with Gasteiger partial charge in [0, 0.05) is 5.02 Å². The second-order valence-corrected chi connectivity index (χ2v) is 5.43. The first kappa shape index (κ1) is 15.2. The molecule has 0 spiro atoms. The molecule has 0 N–H and O–H groups in total. The van der Waals surface area contributed by atoms with Crippen LogP contribution in [0, 0.1) is 13.8 Å². The van der Waals surface area contributed by atoms with E-state index in [0.717, 1.165) is 11.3 Å². The van der Waals surface area contributed by atoms with Crippen LogP contribution in [0.4, 0.5) is 0 Å². The van der Waals surface area contributed by atoms with Gasteiger partial charge in [-0.05, 0) is 43.7 Å². The fourth-order valence-corrected chi connectivity index (χ4v) is 2.39. The maximum atomic E-state index is 12.3. The summed E-state index contributed by atoms with van der Waals surface area (Å²) in [5.74, 6) is -0.0787. The molecule has 6 heteroatoms. The van der Waals surface area contributed by atoms with Crippen LogP contribution in [0.1, 0.15) is 21.7 Å². The van der Waals surface area contributed by atoms with Crippen LogP contribution >= 0.6 is 11.6 Å². The molecule has 1 heterocycles. The van der Waals surface area contributed by atoms with Gasteiger partial charge >= 0.3 is 5.97 Å². The standard InChI is InChI=1S/C17H14ClN3O2/c1-11-14(18)9-6-10-15(11)21-12(2)16(19-20-21)17(22)23-13-7-4-3-5-8-13/h3-10H,1-2H3. The summed E-state index contributed by atoms with van der Waals surface area (Å²) in [5.41, 5.74) is 2.41. The van der Waals surface area contributed by atoms with Crippen LogP contribution in [0.2, 0.25) is 5.02 Å². The smallest absolute Gasteiger partial charge is 0.366 e. The van der Waals surface area contributed by atoms with Crippen molar-refractivity contribution in [2.75, 3.05) is 0 Å². The van der Waals surface area contributed by atoms with Crippen LogP contribution in [0.25, 0.3) is 5.69 Å². The molecule has 0 saturated carbocycles. The number of rotatable bonds is 3. The van der Waals surface area contributed by atoms with Crippen LogP contribution in [0.15, 0.2) is 48.5 Å². The fraction of sp³-hybridized carbons (Fsp3) is 0.118. The topological polar surface area (TPSA) is 57.0 Å². The quantitative estimate of drug-likeness (QED) is 0.543. The molecule has 0 aliphatic carbocycles. The van der Waals surface area contributed by atoms with Crippen molar-refractivity contribution < 1.29 is 9.53 Å². The van der Waals surface area contributed by atoms with Gasteiger partial charge in [-0.25, -0.2) is 9.48 Å². The highest BCUT2D eigenvalue weighted by Gasteiger charge is 2.20. The number of hydrogen-bond donors (Lipinski definition) is 0. The first-order chi connectivity index (χ1) is 11.1. The van der Waals surface area contributed by atoms with Crippen molar-refractivity contribution in [2.24, 2.45) is 0 Å². The van der Waals surface area contributed by atoms with Crippen molar-refractivity contribution in [2.45, 2.75) is 13.8 Å². The lowest BCUT2D eigenvalue weighted by molar-refractivity contribution is 0.0727. The lowest BCUT2D eigenvalue weighted by Gasteiger charge is -2.08. The Kier molecular flexibility index (Phi) is 4.12. The van der Waals surface area contributed by atoms with Crippen molar-refractivity contribution in [1.82, 2.24) is 15.0 Å². The van der Waals surface area contributed by atoms with Gasteiger partial charge in [0.1, 0.15) is 5.75 Å². The van der Waals surface area contributed by atoms with E-state index in [-0.39, 0.29) is 5.69 Å². The molecule has 0 saturated heterocycles. The van der Waals surface area contributed by atoms with Gasteiger partial charge in [0.15, 0.2) is 5.69 Å². The van der Waals surface area contributed by atoms with Crippen LogP contribution in [0.3, 0.4) is 0 Å². The molecule has 2 aromatic carbocycles. The van der Waals surface area contributed by atoms with Crippen molar-refractivity contribution >= 4 is 17.6 Å². The lowest BCUT2D eigenvalue weighted by atomic mass is 10.2. The first-order valence-corrected chi connectivity index (χ1v) is 7.40. The molecule has 0 radical (unpaired) electrons. The molecule has 0 bridgehead atoms. The Labute approximate surface area is 138 Å². The largest absolute Gasteiger partial charge is 0.422 e. The van der Waals surface area contributed by atoms with Crippen molar-refractivity contribution in [3.8, 4) is 11.4 Å². The minimum Gasteiger partial charge on any atom is -0.422 e. The predicted molar refractivity (Wildman–Crippen MR) is 87.2 cm³/mol. The van der Waals surface area contributed by atoms with E-state index in [2.05, 4.69) is 10.3 Å². The number of nitrogens with zero attached hydrogens (tertiary/aromatic N) is 3. The van der Waals surface area contributed by atoms with E-state index in [9.17, 15) is 4.79 Å². The summed E-state index contributed by atoms with van der Waals surface area (Å²) in [6, 6.07) is 14.3. The number of ether oxygens (including phenoxy) is 1. The molecule has 3 aromatic rings. The summed E-state index contributed by atoms with van der Waals surface area (Å²) in [6.45, 7) is 3.66. The van der Waals surface area contributed by atoms with Gasteiger partial charge in [-0.3, -0.25) is 0 Å². The number of halogens is 1. The third-order valence-electron chi connectivity index (χ3n) is 3.51. The third kappa shape index (κ3) is 2.96. The molecule has 23 heavy (non-hydrogen) atoms.